The lowest BCUT2D eigenvalue weighted by Crippen LogP contribution is -2.46. The number of hydrogen-bond acceptors (Lipinski definition) is 3. The Morgan fingerprint density at radius 2 is 2.12 bits per heavy atom. The van der Waals surface area contributed by atoms with Crippen LogP contribution in [0.2, 0.25) is 0 Å². The van der Waals surface area contributed by atoms with Gasteiger partial charge in [0.1, 0.15) is 0 Å². The molecular weight excluding hydrogens is 220 g/mol. The number of amides is 1. The fraction of sp³-hybridized carbons (Fsp3) is 0.917. The van der Waals surface area contributed by atoms with E-state index in [1.807, 2.05) is 11.8 Å². The molecule has 0 spiro atoms. The molecule has 1 amide bonds. The number of hydrogen-bond donors (Lipinski definition) is 1. The topological polar surface area (TPSA) is 32.3 Å². The van der Waals surface area contributed by atoms with Crippen molar-refractivity contribution in [3.8, 4) is 0 Å². The minimum Gasteiger partial charge on any atom is -0.323 e. The summed E-state index contributed by atoms with van der Waals surface area (Å²) in [5.41, 5.74) is 0. The Morgan fingerprint density at radius 3 is 2.75 bits per heavy atom. The maximum atomic E-state index is 11.9. The van der Waals surface area contributed by atoms with Gasteiger partial charge in [0.05, 0.1) is 12.7 Å². The van der Waals surface area contributed by atoms with Gasteiger partial charge in [-0.1, -0.05) is 13.8 Å². The number of carbonyl (C=O) groups is 1. The fourth-order valence-electron chi connectivity index (χ4n) is 2.63. The Morgan fingerprint density at radius 1 is 1.44 bits per heavy atom. The van der Waals surface area contributed by atoms with Crippen molar-refractivity contribution in [2.24, 2.45) is 5.92 Å². The average Bonchev–Trinajstić information content (AvgIpc) is 2.60. The second kappa shape index (κ2) is 5.41. The summed E-state index contributed by atoms with van der Waals surface area (Å²) in [4.78, 5) is 14.1. The molecule has 4 heteroatoms. The van der Waals surface area contributed by atoms with Gasteiger partial charge in [-0.3, -0.25) is 10.1 Å². The highest BCUT2D eigenvalue weighted by Crippen LogP contribution is 2.26. The quantitative estimate of drug-likeness (QED) is 0.817. The maximum absolute atomic E-state index is 11.9. The number of rotatable bonds is 3. The second-order valence-electron chi connectivity index (χ2n) is 5.17. The molecule has 0 aromatic heterocycles. The Labute approximate surface area is 102 Å². The van der Waals surface area contributed by atoms with Crippen LogP contribution in [0.3, 0.4) is 0 Å². The number of nitrogens with one attached hydrogen (secondary N) is 1. The van der Waals surface area contributed by atoms with Gasteiger partial charge >= 0.3 is 0 Å². The Bertz CT molecular complexity index is 251. The largest absolute Gasteiger partial charge is 0.323 e. The molecular formula is C12H22N2OS. The summed E-state index contributed by atoms with van der Waals surface area (Å²) in [5, 5.41) is 3.35. The monoisotopic (exact) mass is 242 g/mol. The van der Waals surface area contributed by atoms with Crippen molar-refractivity contribution in [3.05, 3.63) is 0 Å². The molecule has 2 saturated heterocycles. The van der Waals surface area contributed by atoms with Gasteiger partial charge in [0.25, 0.3) is 0 Å². The average molecular weight is 242 g/mol. The van der Waals surface area contributed by atoms with E-state index in [1.54, 1.807) is 0 Å². The normalized spacial score (nSPS) is 28.1. The molecule has 0 bridgehead atoms. The SMILES string of the molecule is CC(C)CC1NCC(=O)N1C1CCSCC1. The molecule has 3 nitrogen and oxygen atoms in total. The molecule has 2 heterocycles. The van der Waals surface area contributed by atoms with Gasteiger partial charge in [0.2, 0.25) is 5.91 Å². The first-order valence-electron chi connectivity index (χ1n) is 6.30. The summed E-state index contributed by atoms with van der Waals surface area (Å²) in [7, 11) is 0. The molecule has 16 heavy (non-hydrogen) atoms. The van der Waals surface area contributed by atoms with Crippen LogP contribution in [0.5, 0.6) is 0 Å². The summed E-state index contributed by atoms with van der Waals surface area (Å²) in [6.45, 7) is 4.99. The molecule has 0 aromatic carbocycles. The second-order valence-corrected chi connectivity index (χ2v) is 6.40. The molecule has 0 aliphatic carbocycles. The van der Waals surface area contributed by atoms with Gasteiger partial charge in [-0.05, 0) is 36.7 Å². The minimum absolute atomic E-state index is 0.292. The van der Waals surface area contributed by atoms with E-state index < -0.39 is 0 Å². The Hall–Kier alpha value is -0.220. The summed E-state index contributed by atoms with van der Waals surface area (Å²) in [5.74, 6) is 3.37. The number of carbonyl (C=O) groups excluding carboxylic acids is 1. The lowest BCUT2D eigenvalue weighted by molar-refractivity contribution is -0.130. The van der Waals surface area contributed by atoms with Crippen LogP contribution in [-0.4, -0.2) is 41.1 Å². The van der Waals surface area contributed by atoms with Crippen molar-refractivity contribution in [1.82, 2.24) is 10.2 Å². The van der Waals surface area contributed by atoms with Gasteiger partial charge in [-0.25, -0.2) is 0 Å². The lowest BCUT2D eigenvalue weighted by atomic mass is 10.0. The maximum Gasteiger partial charge on any atom is 0.238 e. The van der Waals surface area contributed by atoms with E-state index in [0.29, 0.717) is 30.6 Å². The van der Waals surface area contributed by atoms with E-state index in [2.05, 4.69) is 24.1 Å². The van der Waals surface area contributed by atoms with Crippen LogP contribution in [0.1, 0.15) is 33.1 Å². The molecule has 1 N–H and O–H groups in total. The standard InChI is InChI=1S/C12H22N2OS/c1-9(2)7-11-13-8-12(15)14(11)10-3-5-16-6-4-10/h9-11,13H,3-8H2,1-2H3. The van der Waals surface area contributed by atoms with Crippen LogP contribution in [0.15, 0.2) is 0 Å². The van der Waals surface area contributed by atoms with Crippen LogP contribution in [0.4, 0.5) is 0 Å². The van der Waals surface area contributed by atoms with E-state index >= 15 is 0 Å². The van der Waals surface area contributed by atoms with Crippen LogP contribution in [0.25, 0.3) is 0 Å². The van der Waals surface area contributed by atoms with Gasteiger partial charge in [-0.15, -0.1) is 0 Å². The number of nitrogens with zero attached hydrogens (tertiary/aromatic N) is 1. The van der Waals surface area contributed by atoms with Crippen molar-refractivity contribution >= 4 is 17.7 Å². The van der Waals surface area contributed by atoms with Gasteiger partial charge < -0.3 is 4.90 Å². The smallest absolute Gasteiger partial charge is 0.238 e. The van der Waals surface area contributed by atoms with Crippen LogP contribution >= 0.6 is 11.8 Å². The van der Waals surface area contributed by atoms with Crippen molar-refractivity contribution < 1.29 is 4.79 Å². The zero-order valence-electron chi connectivity index (χ0n) is 10.2. The zero-order valence-corrected chi connectivity index (χ0v) is 11.1. The Balaban J connectivity index is 1.99. The molecule has 2 aliphatic heterocycles. The molecule has 92 valence electrons. The molecule has 0 aromatic rings. The van der Waals surface area contributed by atoms with E-state index in [4.69, 9.17) is 0 Å². The highest BCUT2D eigenvalue weighted by Gasteiger charge is 2.36. The molecule has 0 radical (unpaired) electrons. The molecule has 2 rings (SSSR count). The first-order valence-corrected chi connectivity index (χ1v) is 7.46. The van der Waals surface area contributed by atoms with Crippen molar-refractivity contribution in [2.45, 2.75) is 45.3 Å². The third kappa shape index (κ3) is 2.72. The summed E-state index contributed by atoms with van der Waals surface area (Å²) < 4.78 is 0. The van der Waals surface area contributed by atoms with Crippen molar-refractivity contribution in [3.63, 3.8) is 0 Å². The minimum atomic E-state index is 0.292. The third-order valence-corrected chi connectivity index (χ3v) is 4.44. The fourth-order valence-corrected chi connectivity index (χ4v) is 3.72. The van der Waals surface area contributed by atoms with E-state index in [-0.39, 0.29) is 0 Å². The number of thioether (sulfide) groups is 1. The first-order chi connectivity index (χ1) is 7.68. The van der Waals surface area contributed by atoms with E-state index in [9.17, 15) is 4.79 Å². The summed E-state index contributed by atoms with van der Waals surface area (Å²) >= 11 is 2.02. The summed E-state index contributed by atoms with van der Waals surface area (Å²) in [6.07, 6.45) is 3.72. The molecule has 2 fully saturated rings. The van der Waals surface area contributed by atoms with Gasteiger partial charge in [-0.2, -0.15) is 11.8 Å². The Kier molecular flexibility index (Phi) is 4.14. The summed E-state index contributed by atoms with van der Waals surface area (Å²) in [6, 6.07) is 0.493. The van der Waals surface area contributed by atoms with Crippen LogP contribution < -0.4 is 5.32 Å². The third-order valence-electron chi connectivity index (χ3n) is 3.39. The molecule has 0 saturated carbocycles. The highest BCUT2D eigenvalue weighted by atomic mass is 32.2. The van der Waals surface area contributed by atoms with Crippen molar-refractivity contribution in [1.29, 1.82) is 0 Å². The predicted octanol–water partition coefficient (Wildman–Crippen LogP) is 1.69. The first kappa shape index (κ1) is 12.2. The lowest BCUT2D eigenvalue weighted by Gasteiger charge is -2.35. The molecule has 2 aliphatic rings. The predicted molar refractivity (Wildman–Crippen MR) is 68.4 cm³/mol. The molecule has 1 atom stereocenters. The van der Waals surface area contributed by atoms with E-state index in [1.165, 1.54) is 24.3 Å². The van der Waals surface area contributed by atoms with E-state index in [0.717, 1.165) is 6.42 Å². The highest BCUT2D eigenvalue weighted by molar-refractivity contribution is 7.99. The van der Waals surface area contributed by atoms with Crippen molar-refractivity contribution in [2.75, 3.05) is 18.1 Å². The zero-order chi connectivity index (χ0) is 11.5. The van der Waals surface area contributed by atoms with Gasteiger partial charge in [0.15, 0.2) is 0 Å². The van der Waals surface area contributed by atoms with Gasteiger partial charge in [0, 0.05) is 6.04 Å². The molecule has 1 unspecified atom stereocenters. The van der Waals surface area contributed by atoms with Crippen LogP contribution in [-0.2, 0) is 4.79 Å². The van der Waals surface area contributed by atoms with Crippen LogP contribution in [0, 0.1) is 5.92 Å².